The van der Waals surface area contributed by atoms with E-state index in [-0.39, 0.29) is 0 Å². The van der Waals surface area contributed by atoms with Crippen LogP contribution in [0.1, 0.15) is 24.3 Å². The highest BCUT2D eigenvalue weighted by molar-refractivity contribution is 6.32. The molecule has 1 N–H and O–H groups in total. The van der Waals surface area contributed by atoms with Gasteiger partial charge < -0.3 is 14.6 Å². The number of aryl methyl sites for hydroxylation is 1. The standard InChI is InChI=1S/C14H15ClN2O3/c1-2-17-11(3-4-16-17)13(18)9-7-10(15)14-12(8-9)19-5-6-20-14/h3-4,7-8,13,18H,2,5-6H2,1H3. The van der Waals surface area contributed by atoms with Crippen molar-refractivity contribution in [3.63, 3.8) is 0 Å². The Hall–Kier alpha value is -1.72. The fourth-order valence-electron chi connectivity index (χ4n) is 2.30. The summed E-state index contributed by atoms with van der Waals surface area (Å²) >= 11 is 6.19. The van der Waals surface area contributed by atoms with Crippen molar-refractivity contribution in [2.24, 2.45) is 0 Å². The lowest BCUT2D eigenvalue weighted by atomic mass is 10.1. The minimum atomic E-state index is -0.800. The van der Waals surface area contributed by atoms with Crippen LogP contribution < -0.4 is 9.47 Å². The van der Waals surface area contributed by atoms with Crippen LogP contribution in [0.3, 0.4) is 0 Å². The summed E-state index contributed by atoms with van der Waals surface area (Å²) in [6, 6.07) is 5.25. The number of aromatic nitrogens is 2. The maximum Gasteiger partial charge on any atom is 0.179 e. The van der Waals surface area contributed by atoms with E-state index in [9.17, 15) is 5.11 Å². The highest BCUT2D eigenvalue weighted by atomic mass is 35.5. The van der Waals surface area contributed by atoms with Gasteiger partial charge in [-0.05, 0) is 30.7 Å². The van der Waals surface area contributed by atoms with Gasteiger partial charge in [-0.25, -0.2) is 0 Å². The summed E-state index contributed by atoms with van der Waals surface area (Å²) in [6.45, 7) is 3.63. The number of ether oxygens (including phenoxy) is 2. The molecule has 1 aliphatic heterocycles. The van der Waals surface area contributed by atoms with Crippen molar-refractivity contribution in [2.45, 2.75) is 19.6 Å². The second-order valence-electron chi connectivity index (χ2n) is 4.50. The largest absolute Gasteiger partial charge is 0.486 e. The summed E-state index contributed by atoms with van der Waals surface area (Å²) in [7, 11) is 0. The maximum absolute atomic E-state index is 10.5. The Morgan fingerprint density at radius 2 is 2.20 bits per heavy atom. The topological polar surface area (TPSA) is 56.5 Å². The monoisotopic (exact) mass is 294 g/mol. The summed E-state index contributed by atoms with van der Waals surface area (Å²) in [5.74, 6) is 1.11. The molecule has 0 fully saturated rings. The van der Waals surface area contributed by atoms with Gasteiger partial charge in [-0.2, -0.15) is 5.10 Å². The molecular formula is C14H15ClN2O3. The maximum atomic E-state index is 10.5. The summed E-state index contributed by atoms with van der Waals surface area (Å²) < 4.78 is 12.7. The molecule has 0 saturated heterocycles. The summed E-state index contributed by atoms with van der Waals surface area (Å²) in [6.07, 6.45) is 0.868. The zero-order valence-electron chi connectivity index (χ0n) is 11.0. The van der Waals surface area contributed by atoms with Gasteiger partial charge in [-0.15, -0.1) is 0 Å². The minimum Gasteiger partial charge on any atom is -0.486 e. The molecule has 1 aromatic heterocycles. The van der Waals surface area contributed by atoms with Crippen LogP contribution >= 0.6 is 11.6 Å². The number of halogens is 1. The van der Waals surface area contributed by atoms with Gasteiger partial charge in [0.25, 0.3) is 0 Å². The van der Waals surface area contributed by atoms with E-state index in [1.54, 1.807) is 29.1 Å². The Morgan fingerprint density at radius 3 is 3.00 bits per heavy atom. The van der Waals surface area contributed by atoms with E-state index in [0.717, 1.165) is 5.69 Å². The van der Waals surface area contributed by atoms with E-state index in [4.69, 9.17) is 21.1 Å². The van der Waals surface area contributed by atoms with Gasteiger partial charge in [-0.1, -0.05) is 11.6 Å². The van der Waals surface area contributed by atoms with Gasteiger partial charge in [0.2, 0.25) is 0 Å². The third-order valence-electron chi connectivity index (χ3n) is 3.26. The van der Waals surface area contributed by atoms with Crippen molar-refractivity contribution in [3.05, 3.63) is 40.7 Å². The highest BCUT2D eigenvalue weighted by Gasteiger charge is 2.21. The van der Waals surface area contributed by atoms with E-state index >= 15 is 0 Å². The van der Waals surface area contributed by atoms with Gasteiger partial charge in [-0.3, -0.25) is 4.68 Å². The predicted molar refractivity (Wildman–Crippen MR) is 74.4 cm³/mol. The Kier molecular flexibility index (Phi) is 3.54. The van der Waals surface area contributed by atoms with Crippen LogP contribution in [0.5, 0.6) is 11.5 Å². The Balaban J connectivity index is 2.00. The number of benzene rings is 1. The van der Waals surface area contributed by atoms with Crippen LogP contribution in [-0.4, -0.2) is 28.1 Å². The first kappa shape index (κ1) is 13.3. The SMILES string of the molecule is CCn1nccc1C(O)c1cc(Cl)c2c(c1)OCCO2. The smallest absolute Gasteiger partial charge is 0.179 e. The molecule has 6 heteroatoms. The Bertz CT molecular complexity index is 627. The molecule has 106 valence electrons. The first-order valence-electron chi connectivity index (χ1n) is 6.49. The van der Waals surface area contributed by atoms with Crippen LogP contribution in [0, 0.1) is 0 Å². The lowest BCUT2D eigenvalue weighted by Gasteiger charge is -2.21. The second kappa shape index (κ2) is 5.34. The van der Waals surface area contributed by atoms with Gasteiger partial charge >= 0.3 is 0 Å². The summed E-state index contributed by atoms with van der Waals surface area (Å²) in [4.78, 5) is 0. The first-order chi connectivity index (χ1) is 9.70. The first-order valence-corrected chi connectivity index (χ1v) is 6.87. The quantitative estimate of drug-likeness (QED) is 0.944. The number of rotatable bonds is 3. The van der Waals surface area contributed by atoms with E-state index in [1.165, 1.54) is 0 Å². The lowest BCUT2D eigenvalue weighted by molar-refractivity contribution is 0.169. The van der Waals surface area contributed by atoms with Crippen molar-refractivity contribution in [1.82, 2.24) is 9.78 Å². The number of fused-ring (bicyclic) bond motifs is 1. The molecular weight excluding hydrogens is 280 g/mol. The molecule has 0 spiro atoms. The molecule has 2 heterocycles. The molecule has 0 amide bonds. The predicted octanol–water partition coefficient (Wildman–Crippen LogP) is 2.41. The van der Waals surface area contributed by atoms with Crippen molar-refractivity contribution >= 4 is 11.6 Å². The summed E-state index contributed by atoms with van der Waals surface area (Å²) in [5.41, 5.74) is 1.38. The molecule has 1 unspecified atom stereocenters. The zero-order chi connectivity index (χ0) is 14.1. The third-order valence-corrected chi connectivity index (χ3v) is 3.54. The fraction of sp³-hybridized carbons (Fsp3) is 0.357. The molecule has 1 atom stereocenters. The van der Waals surface area contributed by atoms with Crippen molar-refractivity contribution in [1.29, 1.82) is 0 Å². The molecule has 0 bridgehead atoms. The molecule has 1 aliphatic rings. The van der Waals surface area contributed by atoms with E-state index in [1.807, 2.05) is 6.92 Å². The lowest BCUT2D eigenvalue weighted by Crippen LogP contribution is -2.16. The Morgan fingerprint density at radius 1 is 1.40 bits per heavy atom. The normalized spacial score (nSPS) is 15.2. The molecule has 20 heavy (non-hydrogen) atoms. The molecule has 0 radical (unpaired) electrons. The van der Waals surface area contributed by atoms with Gasteiger partial charge in [0, 0.05) is 12.7 Å². The van der Waals surface area contributed by atoms with E-state index in [0.29, 0.717) is 41.8 Å². The number of aliphatic hydroxyl groups excluding tert-OH is 1. The zero-order valence-corrected chi connectivity index (χ0v) is 11.8. The molecule has 5 nitrogen and oxygen atoms in total. The highest BCUT2D eigenvalue weighted by Crippen LogP contribution is 2.40. The molecule has 3 rings (SSSR count). The van der Waals surface area contributed by atoms with Crippen LogP contribution in [0.4, 0.5) is 0 Å². The third kappa shape index (κ3) is 2.23. The second-order valence-corrected chi connectivity index (χ2v) is 4.91. The number of nitrogens with zero attached hydrogens (tertiary/aromatic N) is 2. The van der Waals surface area contributed by atoms with E-state index < -0.39 is 6.10 Å². The van der Waals surface area contributed by atoms with Gasteiger partial charge in [0.05, 0.1) is 10.7 Å². The molecule has 2 aromatic rings. The minimum absolute atomic E-state index is 0.443. The molecule has 0 saturated carbocycles. The number of aliphatic hydroxyl groups is 1. The van der Waals surface area contributed by atoms with Gasteiger partial charge in [0.1, 0.15) is 19.3 Å². The average Bonchev–Trinajstić information content (AvgIpc) is 2.95. The molecule has 0 aliphatic carbocycles. The van der Waals surface area contributed by atoms with Crippen LogP contribution in [0.25, 0.3) is 0 Å². The van der Waals surface area contributed by atoms with Crippen LogP contribution in [-0.2, 0) is 6.54 Å². The number of hydrogen-bond donors (Lipinski definition) is 1. The van der Waals surface area contributed by atoms with Crippen LogP contribution in [0.15, 0.2) is 24.4 Å². The van der Waals surface area contributed by atoms with Crippen molar-refractivity contribution in [2.75, 3.05) is 13.2 Å². The van der Waals surface area contributed by atoms with E-state index in [2.05, 4.69) is 5.10 Å². The van der Waals surface area contributed by atoms with Gasteiger partial charge in [0.15, 0.2) is 11.5 Å². The molecule has 1 aromatic carbocycles. The van der Waals surface area contributed by atoms with Crippen molar-refractivity contribution < 1.29 is 14.6 Å². The fourth-order valence-corrected chi connectivity index (χ4v) is 2.57. The van der Waals surface area contributed by atoms with Crippen molar-refractivity contribution in [3.8, 4) is 11.5 Å². The van der Waals surface area contributed by atoms with Crippen LogP contribution in [0.2, 0.25) is 5.02 Å². The average molecular weight is 295 g/mol. The number of hydrogen-bond acceptors (Lipinski definition) is 4. The summed E-state index contributed by atoms with van der Waals surface area (Å²) in [5, 5.41) is 15.1. The Labute approximate surface area is 121 Å².